The molecule has 0 aliphatic carbocycles. The van der Waals surface area contributed by atoms with E-state index in [4.69, 9.17) is 10.9 Å². The molecule has 1 aliphatic heterocycles. The highest BCUT2D eigenvalue weighted by Gasteiger charge is 2.28. The minimum atomic E-state index is 0.0440. The number of amidine groups is 1. The average Bonchev–Trinajstić information content (AvgIpc) is 2.15. The molecule has 0 aromatic carbocycles. The largest absolute Gasteiger partial charge is 0.409 e. The second kappa shape index (κ2) is 4.64. The predicted octanol–water partition coefficient (Wildman–Crippen LogP) is 1.24. The highest BCUT2D eigenvalue weighted by Crippen LogP contribution is 2.23. The molecule has 14 heavy (non-hydrogen) atoms. The van der Waals surface area contributed by atoms with Crippen molar-refractivity contribution in [1.82, 2.24) is 4.90 Å². The molecule has 0 bridgehead atoms. The summed E-state index contributed by atoms with van der Waals surface area (Å²) in [5.74, 6) is 1.10. The van der Waals surface area contributed by atoms with E-state index in [1.54, 1.807) is 0 Å². The predicted molar refractivity (Wildman–Crippen MR) is 57.4 cm³/mol. The summed E-state index contributed by atoms with van der Waals surface area (Å²) in [6.45, 7) is 7.51. The maximum Gasteiger partial charge on any atom is 0.156 e. The highest BCUT2D eigenvalue weighted by atomic mass is 16.4. The summed E-state index contributed by atoms with van der Waals surface area (Å²) in [6.07, 6.45) is 2.40. The molecule has 4 heteroatoms. The minimum absolute atomic E-state index is 0.0440. The van der Waals surface area contributed by atoms with Gasteiger partial charge in [0.05, 0.1) is 6.04 Å². The summed E-state index contributed by atoms with van der Waals surface area (Å²) in [5, 5.41) is 11.7. The molecule has 1 fully saturated rings. The van der Waals surface area contributed by atoms with Gasteiger partial charge in [-0.2, -0.15) is 0 Å². The molecular weight excluding hydrogens is 178 g/mol. The Kier molecular flexibility index (Phi) is 3.75. The summed E-state index contributed by atoms with van der Waals surface area (Å²) in [6, 6.07) is 0.566. The van der Waals surface area contributed by atoms with Crippen LogP contribution in [0.5, 0.6) is 0 Å². The van der Waals surface area contributed by atoms with Gasteiger partial charge >= 0.3 is 0 Å². The maximum absolute atomic E-state index is 8.61. The average molecular weight is 199 g/mol. The quantitative estimate of drug-likeness (QED) is 0.304. The molecule has 1 heterocycles. The fraction of sp³-hybridized carbons (Fsp3) is 0.900. The third-order valence-electron chi connectivity index (χ3n) is 3.23. The second-order valence-corrected chi connectivity index (χ2v) is 4.42. The third-order valence-corrected chi connectivity index (χ3v) is 3.23. The Morgan fingerprint density at radius 3 is 2.71 bits per heavy atom. The Morgan fingerprint density at radius 2 is 2.21 bits per heavy atom. The number of piperidine rings is 1. The Balaban J connectivity index is 2.60. The first-order valence-corrected chi connectivity index (χ1v) is 5.29. The van der Waals surface area contributed by atoms with Crippen LogP contribution in [0.2, 0.25) is 0 Å². The zero-order valence-electron chi connectivity index (χ0n) is 9.27. The monoisotopic (exact) mass is 199 g/mol. The molecule has 0 saturated carbocycles. The normalized spacial score (nSPS) is 32.9. The number of nitrogens with zero attached hydrogens (tertiary/aromatic N) is 2. The second-order valence-electron chi connectivity index (χ2n) is 4.42. The van der Waals surface area contributed by atoms with Gasteiger partial charge in [0, 0.05) is 6.04 Å². The Labute approximate surface area is 85.8 Å². The van der Waals surface area contributed by atoms with Crippen molar-refractivity contribution in [3.63, 3.8) is 0 Å². The zero-order chi connectivity index (χ0) is 10.7. The molecule has 1 rings (SSSR count). The summed E-state index contributed by atoms with van der Waals surface area (Å²) < 4.78 is 0. The minimum Gasteiger partial charge on any atom is -0.409 e. The topological polar surface area (TPSA) is 61.8 Å². The van der Waals surface area contributed by atoms with Gasteiger partial charge in [-0.05, 0) is 39.2 Å². The van der Waals surface area contributed by atoms with Crippen LogP contribution >= 0.6 is 0 Å². The molecule has 0 radical (unpaired) electrons. The van der Waals surface area contributed by atoms with Gasteiger partial charge in [0.25, 0.3) is 0 Å². The summed E-state index contributed by atoms with van der Waals surface area (Å²) in [7, 11) is 0. The van der Waals surface area contributed by atoms with E-state index in [2.05, 4.69) is 23.9 Å². The fourth-order valence-corrected chi connectivity index (χ4v) is 2.25. The zero-order valence-corrected chi connectivity index (χ0v) is 9.27. The van der Waals surface area contributed by atoms with Gasteiger partial charge in [-0.1, -0.05) is 12.1 Å². The van der Waals surface area contributed by atoms with Gasteiger partial charge in [0.1, 0.15) is 0 Å². The van der Waals surface area contributed by atoms with Crippen LogP contribution in [0.25, 0.3) is 0 Å². The van der Waals surface area contributed by atoms with E-state index in [-0.39, 0.29) is 6.04 Å². The highest BCUT2D eigenvalue weighted by molar-refractivity contribution is 5.84. The first kappa shape index (κ1) is 11.3. The molecule has 0 amide bonds. The molecule has 1 saturated heterocycles. The van der Waals surface area contributed by atoms with Crippen LogP contribution in [0.4, 0.5) is 0 Å². The van der Waals surface area contributed by atoms with Crippen molar-refractivity contribution in [2.45, 2.75) is 45.7 Å². The van der Waals surface area contributed by atoms with E-state index in [0.29, 0.717) is 11.9 Å². The van der Waals surface area contributed by atoms with Crippen molar-refractivity contribution in [2.75, 3.05) is 6.54 Å². The van der Waals surface area contributed by atoms with Crippen LogP contribution in [0.3, 0.4) is 0 Å². The van der Waals surface area contributed by atoms with Gasteiger partial charge in [-0.25, -0.2) is 0 Å². The number of nitrogens with two attached hydrogens (primary N) is 1. The molecule has 82 valence electrons. The molecule has 0 aromatic rings. The van der Waals surface area contributed by atoms with Crippen molar-refractivity contribution in [2.24, 2.45) is 16.8 Å². The summed E-state index contributed by atoms with van der Waals surface area (Å²) in [5.41, 5.74) is 5.60. The standard InChI is InChI=1S/C10H21N3O/c1-7-4-5-13(8(2)6-7)9(3)10(11)12-14/h7-9,14H,4-6H2,1-3H3,(H2,11,12). The third kappa shape index (κ3) is 2.38. The lowest BCUT2D eigenvalue weighted by molar-refractivity contribution is 0.114. The van der Waals surface area contributed by atoms with Crippen LogP contribution in [0.15, 0.2) is 5.16 Å². The molecule has 0 aromatic heterocycles. The van der Waals surface area contributed by atoms with Crippen molar-refractivity contribution in [3.05, 3.63) is 0 Å². The van der Waals surface area contributed by atoms with Crippen LogP contribution < -0.4 is 5.73 Å². The van der Waals surface area contributed by atoms with Gasteiger partial charge in [0.15, 0.2) is 5.84 Å². The first-order valence-electron chi connectivity index (χ1n) is 5.29. The summed E-state index contributed by atoms with van der Waals surface area (Å²) >= 11 is 0. The van der Waals surface area contributed by atoms with Crippen LogP contribution in [-0.4, -0.2) is 34.6 Å². The molecule has 1 aliphatic rings. The van der Waals surface area contributed by atoms with Gasteiger partial charge in [-0.3, -0.25) is 4.90 Å². The van der Waals surface area contributed by atoms with E-state index in [1.807, 2.05) is 6.92 Å². The van der Waals surface area contributed by atoms with Crippen LogP contribution in [0.1, 0.15) is 33.6 Å². The smallest absolute Gasteiger partial charge is 0.156 e. The number of oxime groups is 1. The molecule has 3 atom stereocenters. The number of hydrogen-bond donors (Lipinski definition) is 2. The molecule has 0 spiro atoms. The SMILES string of the molecule is CC1CCN(C(C)C(N)=NO)C(C)C1. The van der Waals surface area contributed by atoms with E-state index in [0.717, 1.165) is 12.5 Å². The van der Waals surface area contributed by atoms with Crippen LogP contribution in [-0.2, 0) is 0 Å². The fourth-order valence-electron chi connectivity index (χ4n) is 2.25. The summed E-state index contributed by atoms with van der Waals surface area (Å²) in [4.78, 5) is 2.30. The lowest BCUT2D eigenvalue weighted by Gasteiger charge is -2.39. The molecule has 3 unspecified atom stereocenters. The van der Waals surface area contributed by atoms with Gasteiger partial charge in [0.2, 0.25) is 0 Å². The van der Waals surface area contributed by atoms with Gasteiger partial charge < -0.3 is 10.9 Å². The van der Waals surface area contributed by atoms with Crippen molar-refractivity contribution in [3.8, 4) is 0 Å². The van der Waals surface area contributed by atoms with E-state index in [9.17, 15) is 0 Å². The van der Waals surface area contributed by atoms with Crippen molar-refractivity contribution < 1.29 is 5.21 Å². The number of rotatable bonds is 2. The Bertz CT molecular complexity index is 217. The molecule has 3 N–H and O–H groups in total. The van der Waals surface area contributed by atoms with Crippen molar-refractivity contribution >= 4 is 5.84 Å². The molecular formula is C10H21N3O. The lowest BCUT2D eigenvalue weighted by atomic mass is 9.92. The number of hydrogen-bond acceptors (Lipinski definition) is 3. The maximum atomic E-state index is 8.61. The Morgan fingerprint density at radius 1 is 1.57 bits per heavy atom. The van der Waals surface area contributed by atoms with Crippen LogP contribution in [0, 0.1) is 5.92 Å². The first-order chi connectivity index (χ1) is 6.56. The van der Waals surface area contributed by atoms with E-state index < -0.39 is 0 Å². The Hall–Kier alpha value is -0.770. The lowest BCUT2D eigenvalue weighted by Crippen LogP contribution is -2.50. The van der Waals surface area contributed by atoms with E-state index in [1.165, 1.54) is 12.8 Å². The molecule has 4 nitrogen and oxygen atoms in total. The number of likely N-dealkylation sites (tertiary alicyclic amines) is 1. The van der Waals surface area contributed by atoms with E-state index >= 15 is 0 Å². The van der Waals surface area contributed by atoms with Crippen molar-refractivity contribution in [1.29, 1.82) is 0 Å². The van der Waals surface area contributed by atoms with Gasteiger partial charge in [-0.15, -0.1) is 0 Å².